The largest absolute Gasteiger partial charge is 0.363 e. The number of fused-ring (bicyclic) bond motifs is 2. The first-order valence-corrected chi connectivity index (χ1v) is 5.99. The van der Waals surface area contributed by atoms with E-state index < -0.39 is 0 Å². The first-order valence-electron chi connectivity index (χ1n) is 5.99. The third-order valence-corrected chi connectivity index (χ3v) is 3.51. The van der Waals surface area contributed by atoms with Gasteiger partial charge in [0.1, 0.15) is 11.7 Å². The molecule has 3 rings (SSSR count). The third kappa shape index (κ3) is 1.65. The average Bonchev–Trinajstić information content (AvgIpc) is 2.98. The molecule has 2 nitrogen and oxygen atoms in total. The van der Waals surface area contributed by atoms with Gasteiger partial charge in [-0.25, -0.2) is 0 Å². The molecule has 0 spiro atoms. The Bertz CT molecular complexity index is 437. The molecular formula is C15H16O2. The minimum Gasteiger partial charge on any atom is -0.363 e. The minimum absolute atomic E-state index is 0.0369. The summed E-state index contributed by atoms with van der Waals surface area (Å²) >= 11 is 0. The summed E-state index contributed by atoms with van der Waals surface area (Å²) in [6.07, 6.45) is 7.17. The van der Waals surface area contributed by atoms with E-state index in [0.29, 0.717) is 6.61 Å². The smallest absolute Gasteiger partial charge is 0.126 e. The maximum absolute atomic E-state index is 6.07. The molecule has 0 aliphatic carbocycles. The Hall–Kier alpha value is -1.38. The van der Waals surface area contributed by atoms with E-state index in [1.54, 1.807) is 6.08 Å². The molecular weight excluding hydrogens is 212 g/mol. The predicted octanol–water partition coefficient (Wildman–Crippen LogP) is 2.81. The third-order valence-electron chi connectivity index (χ3n) is 3.51. The van der Waals surface area contributed by atoms with Crippen molar-refractivity contribution in [3.8, 4) is 0 Å². The second-order valence-electron chi connectivity index (χ2n) is 4.54. The second kappa shape index (κ2) is 4.13. The van der Waals surface area contributed by atoms with Crippen LogP contribution < -0.4 is 0 Å². The van der Waals surface area contributed by atoms with Gasteiger partial charge in [-0.3, -0.25) is 0 Å². The van der Waals surface area contributed by atoms with Crippen LogP contribution in [-0.2, 0) is 15.1 Å². The van der Waals surface area contributed by atoms with Gasteiger partial charge in [-0.15, -0.1) is 6.58 Å². The molecule has 0 saturated carbocycles. The first kappa shape index (κ1) is 10.8. The van der Waals surface area contributed by atoms with Gasteiger partial charge < -0.3 is 9.47 Å². The molecule has 0 radical (unpaired) electrons. The Morgan fingerprint density at radius 1 is 1.35 bits per heavy atom. The van der Waals surface area contributed by atoms with Gasteiger partial charge in [0, 0.05) is 6.42 Å². The molecule has 0 aromatic heterocycles. The van der Waals surface area contributed by atoms with Crippen molar-refractivity contribution in [3.05, 3.63) is 60.7 Å². The van der Waals surface area contributed by atoms with E-state index in [0.717, 1.165) is 6.42 Å². The molecule has 2 heteroatoms. The molecule has 2 aliphatic rings. The molecule has 0 amide bonds. The standard InChI is InChI=1S/C15H16O2/c1-2-10-16-15(12-6-4-3-5-7-12)11-13-8-9-14(15)17-13/h2-9,13-14H,1,10-11H2/t13-,14+,15-/m1/s1. The fraction of sp³-hybridized carbons (Fsp3) is 0.333. The normalized spacial score (nSPS) is 34.1. The quantitative estimate of drug-likeness (QED) is 0.738. The van der Waals surface area contributed by atoms with Crippen molar-refractivity contribution in [1.29, 1.82) is 0 Å². The summed E-state index contributed by atoms with van der Waals surface area (Å²) in [5, 5.41) is 0. The molecule has 0 N–H and O–H groups in total. The van der Waals surface area contributed by atoms with Crippen LogP contribution >= 0.6 is 0 Å². The van der Waals surface area contributed by atoms with Crippen LogP contribution in [-0.4, -0.2) is 18.8 Å². The van der Waals surface area contributed by atoms with Crippen molar-refractivity contribution >= 4 is 0 Å². The monoisotopic (exact) mass is 228 g/mol. The average molecular weight is 228 g/mol. The van der Waals surface area contributed by atoms with E-state index in [9.17, 15) is 0 Å². The van der Waals surface area contributed by atoms with E-state index in [1.807, 2.05) is 18.2 Å². The fourth-order valence-corrected chi connectivity index (χ4v) is 2.73. The van der Waals surface area contributed by atoms with Gasteiger partial charge in [-0.05, 0) is 5.56 Å². The molecule has 1 aromatic carbocycles. The molecule has 1 saturated heterocycles. The number of ether oxygens (including phenoxy) is 2. The van der Waals surface area contributed by atoms with Crippen LogP contribution in [0.2, 0.25) is 0 Å². The van der Waals surface area contributed by atoms with Gasteiger partial charge in [0.2, 0.25) is 0 Å². The van der Waals surface area contributed by atoms with E-state index in [4.69, 9.17) is 9.47 Å². The van der Waals surface area contributed by atoms with E-state index in [2.05, 4.69) is 30.9 Å². The van der Waals surface area contributed by atoms with Crippen LogP contribution in [0.25, 0.3) is 0 Å². The highest BCUT2D eigenvalue weighted by atomic mass is 16.6. The van der Waals surface area contributed by atoms with E-state index >= 15 is 0 Å². The topological polar surface area (TPSA) is 18.5 Å². The highest BCUT2D eigenvalue weighted by Crippen LogP contribution is 2.46. The summed E-state index contributed by atoms with van der Waals surface area (Å²) in [7, 11) is 0. The zero-order valence-corrected chi connectivity index (χ0v) is 9.71. The highest BCUT2D eigenvalue weighted by molar-refractivity contribution is 5.32. The zero-order valence-electron chi connectivity index (χ0n) is 9.71. The summed E-state index contributed by atoms with van der Waals surface area (Å²) in [5.41, 5.74) is 0.869. The summed E-state index contributed by atoms with van der Waals surface area (Å²) in [6.45, 7) is 4.28. The molecule has 88 valence electrons. The SMILES string of the molecule is C=CCO[C@@]1(c2ccccc2)C[C@H]2C=C[C@@H]1O2. The van der Waals surface area contributed by atoms with Gasteiger partial charge in [0.25, 0.3) is 0 Å². The van der Waals surface area contributed by atoms with Crippen molar-refractivity contribution in [2.75, 3.05) is 6.61 Å². The summed E-state index contributed by atoms with van der Waals surface area (Å²) in [4.78, 5) is 0. The zero-order chi connectivity index (χ0) is 11.7. The molecule has 17 heavy (non-hydrogen) atoms. The maximum atomic E-state index is 6.07. The van der Waals surface area contributed by atoms with E-state index in [-0.39, 0.29) is 17.8 Å². The van der Waals surface area contributed by atoms with Crippen molar-refractivity contribution < 1.29 is 9.47 Å². The Kier molecular flexibility index (Phi) is 2.61. The van der Waals surface area contributed by atoms with Gasteiger partial charge in [0.05, 0.1) is 12.7 Å². The number of hydrogen-bond acceptors (Lipinski definition) is 2. The van der Waals surface area contributed by atoms with Crippen LogP contribution in [0.5, 0.6) is 0 Å². The summed E-state index contributed by atoms with van der Waals surface area (Å²) in [5.74, 6) is 0. The van der Waals surface area contributed by atoms with Crippen molar-refractivity contribution in [3.63, 3.8) is 0 Å². The van der Waals surface area contributed by atoms with Crippen LogP contribution in [0.15, 0.2) is 55.1 Å². The number of rotatable bonds is 4. The van der Waals surface area contributed by atoms with Crippen molar-refractivity contribution in [2.24, 2.45) is 0 Å². The predicted molar refractivity (Wildman–Crippen MR) is 66.7 cm³/mol. The van der Waals surface area contributed by atoms with Gasteiger partial charge in [0.15, 0.2) is 0 Å². The fourth-order valence-electron chi connectivity index (χ4n) is 2.73. The van der Waals surface area contributed by atoms with Crippen molar-refractivity contribution in [1.82, 2.24) is 0 Å². The molecule has 2 aliphatic heterocycles. The number of hydrogen-bond donors (Lipinski definition) is 0. The molecule has 2 bridgehead atoms. The summed E-state index contributed by atoms with van der Waals surface area (Å²) < 4.78 is 11.9. The first-order chi connectivity index (χ1) is 8.35. The lowest BCUT2D eigenvalue weighted by Crippen LogP contribution is -2.38. The number of benzene rings is 1. The van der Waals surface area contributed by atoms with Gasteiger partial charge >= 0.3 is 0 Å². The lowest BCUT2D eigenvalue weighted by atomic mass is 9.82. The van der Waals surface area contributed by atoms with Crippen molar-refractivity contribution in [2.45, 2.75) is 24.2 Å². The van der Waals surface area contributed by atoms with Gasteiger partial charge in [-0.1, -0.05) is 48.6 Å². The van der Waals surface area contributed by atoms with Crippen LogP contribution in [0.4, 0.5) is 0 Å². The van der Waals surface area contributed by atoms with Gasteiger partial charge in [-0.2, -0.15) is 0 Å². The Morgan fingerprint density at radius 3 is 2.76 bits per heavy atom. The molecule has 3 atom stereocenters. The Labute approximate surface area is 102 Å². The van der Waals surface area contributed by atoms with E-state index in [1.165, 1.54) is 5.56 Å². The molecule has 1 aromatic rings. The van der Waals surface area contributed by atoms with Crippen LogP contribution in [0.3, 0.4) is 0 Å². The molecule has 1 fully saturated rings. The summed E-state index contributed by atoms with van der Waals surface area (Å²) in [6, 6.07) is 10.3. The lowest BCUT2D eigenvalue weighted by Gasteiger charge is -2.33. The Morgan fingerprint density at radius 2 is 2.18 bits per heavy atom. The maximum Gasteiger partial charge on any atom is 0.126 e. The highest BCUT2D eigenvalue weighted by Gasteiger charge is 2.51. The molecule has 2 heterocycles. The second-order valence-corrected chi connectivity index (χ2v) is 4.54. The Balaban J connectivity index is 1.98. The minimum atomic E-state index is -0.325. The van der Waals surface area contributed by atoms with Crippen LogP contribution in [0, 0.1) is 0 Å². The lowest BCUT2D eigenvalue weighted by molar-refractivity contribution is -0.0678. The van der Waals surface area contributed by atoms with Crippen LogP contribution in [0.1, 0.15) is 12.0 Å². The molecule has 0 unspecified atom stereocenters.